The summed E-state index contributed by atoms with van der Waals surface area (Å²) in [7, 11) is 0. The lowest BCUT2D eigenvalue weighted by atomic mass is 9.47. The second kappa shape index (κ2) is 9.38. The van der Waals surface area contributed by atoms with E-state index < -0.39 is 0 Å². The summed E-state index contributed by atoms with van der Waals surface area (Å²) < 4.78 is 5.62. The van der Waals surface area contributed by atoms with Gasteiger partial charge in [0.1, 0.15) is 6.10 Å². The second-order valence-electron chi connectivity index (χ2n) is 12.6. The molecular weight excluding hydrogens is 404 g/mol. The molecule has 9 atom stereocenters. The van der Waals surface area contributed by atoms with Gasteiger partial charge in [-0.25, -0.2) is 0 Å². The smallest absolute Gasteiger partial charge is 0.302 e. The maximum absolute atomic E-state index is 11.5. The van der Waals surface area contributed by atoms with Crippen LogP contribution in [0.25, 0.3) is 0 Å². The average Bonchev–Trinajstić information content (AvgIpc) is 3.11. The predicted octanol–water partition coefficient (Wildman–Crippen LogP) is 8.29. The van der Waals surface area contributed by atoms with Gasteiger partial charge in [-0.05, 0) is 105 Å². The van der Waals surface area contributed by atoms with Gasteiger partial charge in [-0.3, -0.25) is 4.79 Å². The van der Waals surface area contributed by atoms with E-state index in [1.165, 1.54) is 44.1 Å². The molecule has 2 nitrogen and oxygen atoms in total. The number of rotatable bonds is 6. The Kier molecular flexibility index (Phi) is 7.05. The zero-order chi connectivity index (χ0) is 24.0. The van der Waals surface area contributed by atoms with Gasteiger partial charge in [0.25, 0.3) is 0 Å². The van der Waals surface area contributed by atoms with Crippen LogP contribution in [0.4, 0.5) is 0 Å². The minimum Gasteiger partial charge on any atom is -0.462 e. The monoisotopic (exact) mass is 452 g/mol. The summed E-state index contributed by atoms with van der Waals surface area (Å²) in [6, 6.07) is 0. The Labute approximate surface area is 203 Å². The van der Waals surface area contributed by atoms with Crippen molar-refractivity contribution in [1.82, 2.24) is 0 Å². The van der Waals surface area contributed by atoms with Crippen molar-refractivity contribution in [3.8, 4) is 0 Å². The highest BCUT2D eigenvalue weighted by Gasteiger charge is 2.59. The molecule has 2 heteroatoms. The molecule has 3 saturated carbocycles. The molecule has 0 amide bonds. The normalized spacial score (nSPS) is 42.0. The van der Waals surface area contributed by atoms with Crippen molar-refractivity contribution in [3.05, 3.63) is 36.0 Å². The number of hydrogen-bond donors (Lipinski definition) is 0. The van der Waals surface area contributed by atoms with Crippen LogP contribution in [-0.2, 0) is 9.53 Å². The van der Waals surface area contributed by atoms with E-state index in [1.807, 2.05) is 0 Å². The molecule has 0 unspecified atom stereocenters. The molecular formula is C31H48O2. The number of allylic oxidation sites excluding steroid dienone is 4. The van der Waals surface area contributed by atoms with E-state index in [1.54, 1.807) is 12.5 Å². The lowest BCUT2D eigenvalue weighted by molar-refractivity contribution is -0.148. The molecule has 0 aliphatic heterocycles. The molecule has 33 heavy (non-hydrogen) atoms. The van der Waals surface area contributed by atoms with Gasteiger partial charge < -0.3 is 4.74 Å². The van der Waals surface area contributed by atoms with Crippen LogP contribution in [0, 0.1) is 46.3 Å². The molecule has 0 radical (unpaired) electrons. The minimum atomic E-state index is -0.125. The minimum absolute atomic E-state index is 0.0990. The van der Waals surface area contributed by atoms with Gasteiger partial charge in [0.2, 0.25) is 0 Å². The van der Waals surface area contributed by atoms with Crippen molar-refractivity contribution >= 4 is 5.97 Å². The number of carbonyl (C=O) groups is 1. The molecule has 4 aliphatic carbocycles. The van der Waals surface area contributed by atoms with E-state index in [9.17, 15) is 4.79 Å². The third kappa shape index (κ3) is 4.41. The molecule has 0 aromatic carbocycles. The van der Waals surface area contributed by atoms with Gasteiger partial charge in [-0.15, -0.1) is 0 Å². The second-order valence-corrected chi connectivity index (χ2v) is 12.6. The topological polar surface area (TPSA) is 26.3 Å². The molecule has 0 aromatic rings. The molecule has 0 spiro atoms. The zero-order valence-corrected chi connectivity index (χ0v) is 22.2. The Bertz CT molecular complexity index is 821. The summed E-state index contributed by atoms with van der Waals surface area (Å²) in [6.07, 6.45) is 18.8. The van der Waals surface area contributed by atoms with Crippen LogP contribution in [0.5, 0.6) is 0 Å². The van der Waals surface area contributed by atoms with Crippen LogP contribution in [-0.4, -0.2) is 12.1 Å². The molecule has 4 aliphatic rings. The summed E-state index contributed by atoms with van der Waals surface area (Å²) in [5, 5.41) is 0. The molecule has 184 valence electrons. The van der Waals surface area contributed by atoms with Crippen molar-refractivity contribution in [2.45, 2.75) is 105 Å². The SMILES string of the molecule is C=C(C)[C@H](C=C[C@H](C)[C@H]1CC[C@@H]2[C@H]3CC=C4C[C@@H](OC(C)=O)CC[C@@]4(C)[C@@H]3CC[C@@]21C)CC. The molecule has 0 heterocycles. The van der Waals surface area contributed by atoms with Crippen LogP contribution >= 0.6 is 0 Å². The fourth-order valence-electron chi connectivity index (χ4n) is 8.96. The molecule has 0 bridgehead atoms. The van der Waals surface area contributed by atoms with Gasteiger partial charge in [-0.1, -0.05) is 63.6 Å². The molecule has 0 aromatic heterocycles. The fourth-order valence-corrected chi connectivity index (χ4v) is 8.96. The van der Waals surface area contributed by atoms with Gasteiger partial charge >= 0.3 is 5.97 Å². The highest BCUT2D eigenvalue weighted by molar-refractivity contribution is 5.66. The first-order chi connectivity index (χ1) is 15.6. The Balaban J connectivity index is 1.50. The van der Waals surface area contributed by atoms with Crippen molar-refractivity contribution < 1.29 is 9.53 Å². The van der Waals surface area contributed by atoms with Gasteiger partial charge in [0.05, 0.1) is 0 Å². The largest absolute Gasteiger partial charge is 0.462 e. The number of fused-ring (bicyclic) bond motifs is 5. The quantitative estimate of drug-likeness (QED) is 0.299. The average molecular weight is 453 g/mol. The van der Waals surface area contributed by atoms with E-state index in [0.717, 1.165) is 42.9 Å². The van der Waals surface area contributed by atoms with E-state index in [0.29, 0.717) is 22.7 Å². The third-order valence-electron chi connectivity index (χ3n) is 10.8. The first-order valence-electron chi connectivity index (χ1n) is 13.8. The van der Waals surface area contributed by atoms with Crippen LogP contribution in [0.2, 0.25) is 0 Å². The van der Waals surface area contributed by atoms with E-state index >= 15 is 0 Å². The van der Waals surface area contributed by atoms with Crippen molar-refractivity contribution in [1.29, 1.82) is 0 Å². The van der Waals surface area contributed by atoms with Crippen molar-refractivity contribution in [3.63, 3.8) is 0 Å². The van der Waals surface area contributed by atoms with E-state index in [-0.39, 0.29) is 12.1 Å². The van der Waals surface area contributed by atoms with E-state index in [4.69, 9.17) is 4.74 Å². The lowest BCUT2D eigenvalue weighted by Gasteiger charge is -2.58. The molecule has 4 rings (SSSR count). The summed E-state index contributed by atoms with van der Waals surface area (Å²) in [5.74, 6) is 4.36. The zero-order valence-electron chi connectivity index (χ0n) is 22.2. The van der Waals surface area contributed by atoms with E-state index in [2.05, 4.69) is 59.4 Å². The van der Waals surface area contributed by atoms with Crippen LogP contribution in [0.1, 0.15) is 99.3 Å². The van der Waals surface area contributed by atoms with Gasteiger partial charge in [0.15, 0.2) is 0 Å². The van der Waals surface area contributed by atoms with Gasteiger partial charge in [0, 0.05) is 13.3 Å². The summed E-state index contributed by atoms with van der Waals surface area (Å²) in [4.78, 5) is 11.5. The maximum Gasteiger partial charge on any atom is 0.302 e. The van der Waals surface area contributed by atoms with Crippen molar-refractivity contribution in [2.75, 3.05) is 0 Å². The summed E-state index contributed by atoms with van der Waals surface area (Å²) >= 11 is 0. The first kappa shape index (κ1) is 24.8. The Morgan fingerprint density at radius 3 is 2.58 bits per heavy atom. The van der Waals surface area contributed by atoms with Crippen LogP contribution in [0.15, 0.2) is 36.0 Å². The Morgan fingerprint density at radius 2 is 1.91 bits per heavy atom. The standard InChI is InChI=1S/C31H48O2/c1-8-23(20(2)3)10-9-21(4)27-13-14-28-26-12-11-24-19-25(33-22(5)32)15-17-30(24,6)29(26)16-18-31(27,28)7/h9-11,21,23,25-29H,2,8,12-19H2,1,3-7H3/t21-,23-,25-,26+,27+,28+,29+,30+,31+/m0/s1. The number of carbonyl (C=O) groups excluding carboxylic acids is 1. The first-order valence-corrected chi connectivity index (χ1v) is 13.8. The van der Waals surface area contributed by atoms with Crippen molar-refractivity contribution in [2.24, 2.45) is 46.3 Å². The third-order valence-corrected chi connectivity index (χ3v) is 10.8. The molecule has 3 fully saturated rings. The fraction of sp³-hybridized carbons (Fsp3) is 0.774. The lowest BCUT2D eigenvalue weighted by Crippen LogP contribution is -2.51. The number of hydrogen-bond acceptors (Lipinski definition) is 2. The van der Waals surface area contributed by atoms with Crippen LogP contribution in [0.3, 0.4) is 0 Å². The van der Waals surface area contributed by atoms with Crippen LogP contribution < -0.4 is 0 Å². The summed E-state index contributed by atoms with van der Waals surface area (Å²) in [5.41, 5.74) is 3.69. The molecule has 0 N–H and O–H groups in total. The Morgan fingerprint density at radius 1 is 1.15 bits per heavy atom. The Hall–Kier alpha value is -1.31. The highest BCUT2D eigenvalue weighted by Crippen LogP contribution is 2.67. The molecule has 0 saturated heterocycles. The predicted molar refractivity (Wildman–Crippen MR) is 138 cm³/mol. The number of esters is 1. The maximum atomic E-state index is 11.5. The highest BCUT2D eigenvalue weighted by atomic mass is 16.5. The summed E-state index contributed by atoms with van der Waals surface area (Å²) in [6.45, 7) is 17.9. The number of ether oxygens (including phenoxy) is 1. The van der Waals surface area contributed by atoms with Gasteiger partial charge in [-0.2, -0.15) is 0 Å².